The Labute approximate surface area is 130 Å². The summed E-state index contributed by atoms with van der Waals surface area (Å²) in [4.78, 5) is 11.3. The first-order chi connectivity index (χ1) is 10.3. The predicted molar refractivity (Wildman–Crippen MR) is 80.7 cm³/mol. The van der Waals surface area contributed by atoms with Crippen LogP contribution in [0.25, 0.3) is 6.08 Å². The topological polar surface area (TPSA) is 46.2 Å². The van der Waals surface area contributed by atoms with E-state index in [0.29, 0.717) is 10.6 Å². The van der Waals surface area contributed by atoms with Gasteiger partial charge in [-0.2, -0.15) is 13.2 Å². The van der Waals surface area contributed by atoms with Gasteiger partial charge in [-0.25, -0.2) is 0 Å². The standard InChI is InChI=1S/C15H18F3NO2S/c1-2-3-10-22(21)13-8-4-6-12(11-13)7-5-9-19-14(20)15(16,17)18/h4-8,11H,2-3,9-10H2,1H3,(H,19,20)/b7-5+. The summed E-state index contributed by atoms with van der Waals surface area (Å²) < 4.78 is 47.9. The molecule has 0 saturated carbocycles. The Morgan fingerprint density at radius 3 is 2.73 bits per heavy atom. The molecule has 1 unspecified atom stereocenters. The molecule has 122 valence electrons. The Kier molecular flexibility index (Phi) is 7.31. The minimum atomic E-state index is -4.87. The molecule has 0 radical (unpaired) electrons. The SMILES string of the molecule is CCCCS(=O)c1cccc(/C=C/CNC(=O)C(F)(F)F)c1. The largest absolute Gasteiger partial charge is 0.471 e. The van der Waals surface area contributed by atoms with Crippen molar-refractivity contribution in [1.29, 1.82) is 0 Å². The van der Waals surface area contributed by atoms with Gasteiger partial charge in [-0.1, -0.05) is 37.6 Å². The van der Waals surface area contributed by atoms with Crippen LogP contribution < -0.4 is 5.32 Å². The van der Waals surface area contributed by atoms with Gasteiger partial charge in [-0.15, -0.1) is 0 Å². The molecule has 3 nitrogen and oxygen atoms in total. The van der Waals surface area contributed by atoms with E-state index in [1.807, 2.05) is 6.92 Å². The Morgan fingerprint density at radius 1 is 1.36 bits per heavy atom. The summed E-state index contributed by atoms with van der Waals surface area (Å²) in [6.45, 7) is 1.80. The molecule has 0 heterocycles. The first kappa shape index (κ1) is 18.4. The van der Waals surface area contributed by atoms with Gasteiger partial charge in [0.15, 0.2) is 0 Å². The molecule has 1 aromatic carbocycles. The van der Waals surface area contributed by atoms with E-state index >= 15 is 0 Å². The maximum absolute atomic E-state index is 12.0. The quantitative estimate of drug-likeness (QED) is 0.832. The molecule has 1 atom stereocenters. The maximum atomic E-state index is 12.0. The number of alkyl halides is 3. The number of carbonyl (C=O) groups excluding carboxylic acids is 1. The van der Waals surface area contributed by atoms with Crippen LogP contribution in [0.2, 0.25) is 0 Å². The molecular formula is C15H18F3NO2S. The van der Waals surface area contributed by atoms with Crippen molar-refractivity contribution in [3.63, 3.8) is 0 Å². The van der Waals surface area contributed by atoms with Crippen molar-refractivity contribution in [1.82, 2.24) is 5.32 Å². The van der Waals surface area contributed by atoms with E-state index in [9.17, 15) is 22.2 Å². The van der Waals surface area contributed by atoms with Crippen LogP contribution in [0, 0.1) is 0 Å². The minimum Gasteiger partial charge on any atom is -0.345 e. The van der Waals surface area contributed by atoms with Gasteiger partial charge in [0.05, 0.1) is 10.8 Å². The van der Waals surface area contributed by atoms with Gasteiger partial charge in [-0.3, -0.25) is 9.00 Å². The molecule has 0 spiro atoms. The van der Waals surface area contributed by atoms with Gasteiger partial charge < -0.3 is 5.32 Å². The maximum Gasteiger partial charge on any atom is 0.471 e. The normalized spacial score (nSPS) is 13.3. The van der Waals surface area contributed by atoms with Gasteiger partial charge in [0.2, 0.25) is 0 Å². The third kappa shape index (κ3) is 6.43. The van der Waals surface area contributed by atoms with Crippen LogP contribution in [-0.4, -0.2) is 28.6 Å². The highest BCUT2D eigenvalue weighted by Crippen LogP contribution is 2.14. The first-order valence-corrected chi connectivity index (χ1v) is 8.16. The second-order valence-electron chi connectivity index (χ2n) is 4.59. The number of unbranched alkanes of at least 4 members (excludes halogenated alkanes) is 1. The summed E-state index contributed by atoms with van der Waals surface area (Å²) >= 11 is 0. The molecule has 0 aliphatic carbocycles. The van der Waals surface area contributed by atoms with Crippen LogP contribution in [0.4, 0.5) is 13.2 Å². The minimum absolute atomic E-state index is 0.221. The highest BCUT2D eigenvalue weighted by atomic mass is 32.2. The summed E-state index contributed by atoms with van der Waals surface area (Å²) in [6, 6.07) is 6.98. The fourth-order valence-electron chi connectivity index (χ4n) is 1.60. The van der Waals surface area contributed by atoms with E-state index in [4.69, 9.17) is 0 Å². The Bertz CT molecular complexity index is 556. The molecule has 0 aliphatic rings. The monoisotopic (exact) mass is 333 g/mol. The van der Waals surface area contributed by atoms with Gasteiger partial charge in [0.25, 0.3) is 0 Å². The zero-order valence-corrected chi connectivity index (χ0v) is 13.0. The zero-order valence-electron chi connectivity index (χ0n) is 12.2. The molecule has 7 heteroatoms. The van der Waals surface area contributed by atoms with Crippen LogP contribution in [-0.2, 0) is 15.6 Å². The third-order valence-electron chi connectivity index (χ3n) is 2.75. The number of rotatable bonds is 7. The number of hydrogen-bond acceptors (Lipinski definition) is 2. The van der Waals surface area contributed by atoms with Crippen molar-refractivity contribution in [2.24, 2.45) is 0 Å². The average Bonchev–Trinajstić information content (AvgIpc) is 2.48. The molecule has 1 rings (SSSR count). The average molecular weight is 333 g/mol. The molecule has 0 fully saturated rings. The molecule has 1 amide bonds. The lowest BCUT2D eigenvalue weighted by molar-refractivity contribution is -0.173. The van der Waals surface area contributed by atoms with E-state index in [1.165, 1.54) is 6.08 Å². The number of carbonyl (C=O) groups is 1. The zero-order chi connectivity index (χ0) is 16.6. The number of amides is 1. The van der Waals surface area contributed by atoms with Gasteiger partial charge in [-0.05, 0) is 24.1 Å². The molecule has 0 aromatic heterocycles. The first-order valence-electron chi connectivity index (χ1n) is 6.84. The van der Waals surface area contributed by atoms with Crippen molar-refractivity contribution in [3.8, 4) is 0 Å². The van der Waals surface area contributed by atoms with Crippen molar-refractivity contribution in [3.05, 3.63) is 35.9 Å². The molecule has 1 N–H and O–H groups in total. The Balaban J connectivity index is 2.58. The highest BCUT2D eigenvalue weighted by molar-refractivity contribution is 7.85. The number of benzene rings is 1. The van der Waals surface area contributed by atoms with Crippen LogP contribution >= 0.6 is 0 Å². The molecule has 0 bridgehead atoms. The van der Waals surface area contributed by atoms with Gasteiger partial charge in [0, 0.05) is 17.2 Å². The van der Waals surface area contributed by atoms with E-state index in [0.717, 1.165) is 18.4 Å². The summed E-state index contributed by atoms with van der Waals surface area (Å²) in [7, 11) is -1.07. The number of hydrogen-bond donors (Lipinski definition) is 1. The van der Waals surface area contributed by atoms with E-state index < -0.39 is 22.9 Å². The third-order valence-corrected chi connectivity index (χ3v) is 4.19. The Hall–Kier alpha value is -1.63. The Morgan fingerprint density at radius 2 is 2.09 bits per heavy atom. The van der Waals surface area contributed by atoms with Crippen LogP contribution in [0.3, 0.4) is 0 Å². The molecular weight excluding hydrogens is 315 g/mol. The number of nitrogens with one attached hydrogen (secondary N) is 1. The second kappa shape index (κ2) is 8.73. The summed E-state index contributed by atoms with van der Waals surface area (Å²) in [6.07, 6.45) is -0.0424. The van der Waals surface area contributed by atoms with Crippen molar-refractivity contribution >= 4 is 22.8 Å². The van der Waals surface area contributed by atoms with Crippen LogP contribution in [0.15, 0.2) is 35.2 Å². The predicted octanol–water partition coefficient (Wildman–Crippen LogP) is 3.29. The summed E-state index contributed by atoms with van der Waals surface area (Å²) in [5.74, 6) is -1.38. The van der Waals surface area contributed by atoms with E-state index in [-0.39, 0.29) is 6.54 Å². The summed E-state index contributed by atoms with van der Waals surface area (Å²) in [5, 5.41) is 1.75. The van der Waals surface area contributed by atoms with Crippen LogP contribution in [0.1, 0.15) is 25.3 Å². The van der Waals surface area contributed by atoms with Gasteiger partial charge >= 0.3 is 12.1 Å². The highest BCUT2D eigenvalue weighted by Gasteiger charge is 2.37. The van der Waals surface area contributed by atoms with Crippen LogP contribution in [0.5, 0.6) is 0 Å². The van der Waals surface area contributed by atoms with E-state index in [1.54, 1.807) is 35.7 Å². The van der Waals surface area contributed by atoms with Gasteiger partial charge in [0.1, 0.15) is 0 Å². The lowest BCUT2D eigenvalue weighted by atomic mass is 10.2. The second-order valence-corrected chi connectivity index (χ2v) is 6.16. The molecule has 22 heavy (non-hydrogen) atoms. The summed E-state index contributed by atoms with van der Waals surface area (Å²) in [5.41, 5.74) is 0.726. The van der Waals surface area contributed by atoms with E-state index in [2.05, 4.69) is 0 Å². The molecule has 0 aliphatic heterocycles. The smallest absolute Gasteiger partial charge is 0.345 e. The van der Waals surface area contributed by atoms with Crippen molar-refractivity contribution in [2.45, 2.75) is 30.8 Å². The lowest BCUT2D eigenvalue weighted by Gasteiger charge is -2.05. The number of halogens is 3. The lowest BCUT2D eigenvalue weighted by Crippen LogP contribution is -2.36. The molecule has 0 saturated heterocycles. The fourth-order valence-corrected chi connectivity index (χ4v) is 2.88. The van der Waals surface area contributed by atoms with Crippen molar-refractivity contribution in [2.75, 3.05) is 12.3 Å². The molecule has 1 aromatic rings. The van der Waals surface area contributed by atoms with Crippen molar-refractivity contribution < 1.29 is 22.2 Å². The fraction of sp³-hybridized carbons (Fsp3) is 0.400.